The third-order valence-electron chi connectivity index (χ3n) is 5.36. The van der Waals surface area contributed by atoms with Gasteiger partial charge in [-0.05, 0) is 50.2 Å². The van der Waals surface area contributed by atoms with Crippen LogP contribution in [0.1, 0.15) is 30.0 Å². The second-order valence-corrected chi connectivity index (χ2v) is 10.3. The lowest BCUT2D eigenvalue weighted by Crippen LogP contribution is -2.48. The molecule has 8 nitrogen and oxygen atoms in total. The molecule has 1 aliphatic rings. The van der Waals surface area contributed by atoms with Gasteiger partial charge in [0.15, 0.2) is 0 Å². The maximum absolute atomic E-state index is 13.1. The standard InChI is InChI=1S/C22H24ClN3O5S/c1-14-11-26(12-15(2)31-14)32(28,29)18-6-4-5-16(9-18)22(27)30-13-21-24-19-10-17(23)7-8-20(19)25(21)3/h4-10,14-15H,11-13H2,1-3H3/t14-,15+. The number of aryl methyl sites for hydroxylation is 1. The second-order valence-electron chi connectivity index (χ2n) is 7.90. The molecule has 0 bridgehead atoms. The highest BCUT2D eigenvalue weighted by Crippen LogP contribution is 2.23. The zero-order valence-electron chi connectivity index (χ0n) is 18.0. The number of halogens is 1. The number of imidazole rings is 1. The summed E-state index contributed by atoms with van der Waals surface area (Å²) >= 11 is 6.02. The van der Waals surface area contributed by atoms with E-state index < -0.39 is 16.0 Å². The number of esters is 1. The van der Waals surface area contributed by atoms with Crippen LogP contribution in [0.4, 0.5) is 0 Å². The summed E-state index contributed by atoms with van der Waals surface area (Å²) in [6, 6.07) is 11.2. The molecule has 2 heterocycles. The third-order valence-corrected chi connectivity index (χ3v) is 7.42. The van der Waals surface area contributed by atoms with Gasteiger partial charge in [-0.1, -0.05) is 17.7 Å². The molecule has 0 saturated carbocycles. The van der Waals surface area contributed by atoms with Crippen LogP contribution in [0.3, 0.4) is 0 Å². The largest absolute Gasteiger partial charge is 0.454 e. The maximum atomic E-state index is 13.1. The van der Waals surface area contributed by atoms with E-state index in [9.17, 15) is 13.2 Å². The number of fused-ring (bicyclic) bond motifs is 1. The van der Waals surface area contributed by atoms with Gasteiger partial charge >= 0.3 is 5.97 Å². The summed E-state index contributed by atoms with van der Waals surface area (Å²) in [6.07, 6.45) is -0.408. The maximum Gasteiger partial charge on any atom is 0.338 e. The highest BCUT2D eigenvalue weighted by atomic mass is 35.5. The van der Waals surface area contributed by atoms with E-state index in [1.165, 1.54) is 28.6 Å². The molecule has 0 aliphatic carbocycles. The average molecular weight is 478 g/mol. The zero-order chi connectivity index (χ0) is 23.0. The first-order valence-electron chi connectivity index (χ1n) is 10.2. The van der Waals surface area contributed by atoms with Crippen molar-refractivity contribution < 1.29 is 22.7 Å². The van der Waals surface area contributed by atoms with Gasteiger partial charge in [-0.2, -0.15) is 4.31 Å². The van der Waals surface area contributed by atoms with Gasteiger partial charge in [-0.15, -0.1) is 0 Å². The number of hydrogen-bond donors (Lipinski definition) is 0. The summed E-state index contributed by atoms with van der Waals surface area (Å²) in [5, 5.41) is 0.571. The van der Waals surface area contributed by atoms with Crippen molar-refractivity contribution in [2.45, 2.75) is 37.6 Å². The molecule has 0 unspecified atom stereocenters. The smallest absolute Gasteiger partial charge is 0.338 e. The Morgan fingerprint density at radius 3 is 2.62 bits per heavy atom. The number of nitrogens with zero attached hydrogens (tertiary/aromatic N) is 3. The highest BCUT2D eigenvalue weighted by molar-refractivity contribution is 7.89. The van der Waals surface area contributed by atoms with Crippen LogP contribution in [0.25, 0.3) is 11.0 Å². The van der Waals surface area contributed by atoms with Gasteiger partial charge in [0.1, 0.15) is 12.4 Å². The molecule has 0 spiro atoms. The molecule has 2 aromatic carbocycles. The van der Waals surface area contributed by atoms with Crippen LogP contribution < -0.4 is 0 Å². The van der Waals surface area contributed by atoms with Crippen LogP contribution in [0.2, 0.25) is 5.02 Å². The molecule has 4 rings (SSSR count). The molecule has 0 amide bonds. The quantitative estimate of drug-likeness (QED) is 0.523. The SMILES string of the molecule is C[C@@H]1CN(S(=O)(=O)c2cccc(C(=O)OCc3nc4cc(Cl)ccc4n3C)c2)C[C@H](C)O1. The predicted molar refractivity (Wildman–Crippen MR) is 120 cm³/mol. The Hall–Kier alpha value is -2.46. The molecule has 0 radical (unpaired) electrons. The van der Waals surface area contributed by atoms with E-state index in [1.807, 2.05) is 31.5 Å². The van der Waals surface area contributed by atoms with Crippen molar-refractivity contribution in [3.05, 3.63) is 58.9 Å². The number of hydrogen-bond acceptors (Lipinski definition) is 6. The predicted octanol–water partition coefficient (Wildman–Crippen LogP) is 3.38. The van der Waals surface area contributed by atoms with Crippen molar-refractivity contribution in [2.24, 2.45) is 7.05 Å². The summed E-state index contributed by atoms with van der Waals surface area (Å²) < 4.78 is 40.5. The normalized spacial score (nSPS) is 19.9. The number of sulfonamides is 1. The Morgan fingerprint density at radius 2 is 1.91 bits per heavy atom. The van der Waals surface area contributed by atoms with Crippen molar-refractivity contribution in [1.29, 1.82) is 0 Å². The van der Waals surface area contributed by atoms with E-state index in [4.69, 9.17) is 21.1 Å². The van der Waals surface area contributed by atoms with E-state index in [0.29, 0.717) is 16.4 Å². The molecule has 2 atom stereocenters. The first kappa shape index (κ1) is 22.7. The van der Waals surface area contributed by atoms with Crippen LogP contribution in [-0.2, 0) is 33.2 Å². The fourth-order valence-electron chi connectivity index (χ4n) is 3.82. The molecule has 32 heavy (non-hydrogen) atoms. The van der Waals surface area contributed by atoms with Crippen molar-refractivity contribution in [3.63, 3.8) is 0 Å². The Labute approximate surface area is 191 Å². The molecule has 10 heteroatoms. The molecule has 170 valence electrons. The van der Waals surface area contributed by atoms with Crippen LogP contribution >= 0.6 is 11.6 Å². The van der Waals surface area contributed by atoms with Gasteiger partial charge in [0.2, 0.25) is 10.0 Å². The molecule has 3 aromatic rings. The number of carbonyl (C=O) groups excluding carboxylic acids is 1. The second kappa shape index (κ2) is 8.82. The number of morpholine rings is 1. The lowest BCUT2D eigenvalue weighted by molar-refractivity contribution is -0.0440. The number of carbonyl (C=O) groups is 1. The third kappa shape index (κ3) is 4.52. The fraction of sp³-hybridized carbons (Fsp3) is 0.364. The van der Waals surface area contributed by atoms with Crippen LogP contribution in [-0.4, -0.2) is 53.5 Å². The minimum absolute atomic E-state index is 0.0469. The zero-order valence-corrected chi connectivity index (χ0v) is 19.6. The summed E-state index contributed by atoms with van der Waals surface area (Å²) in [6.45, 7) is 4.13. The first-order valence-corrected chi connectivity index (χ1v) is 12.0. The lowest BCUT2D eigenvalue weighted by Gasteiger charge is -2.34. The molecule has 1 aliphatic heterocycles. The van der Waals surface area contributed by atoms with E-state index in [2.05, 4.69) is 4.98 Å². The van der Waals surface area contributed by atoms with Gasteiger partial charge in [-0.3, -0.25) is 0 Å². The number of aromatic nitrogens is 2. The Balaban J connectivity index is 1.51. The van der Waals surface area contributed by atoms with E-state index in [1.54, 1.807) is 12.1 Å². The average Bonchev–Trinajstić information content (AvgIpc) is 3.06. The van der Waals surface area contributed by atoms with Crippen molar-refractivity contribution in [2.75, 3.05) is 13.1 Å². The summed E-state index contributed by atoms with van der Waals surface area (Å²) in [4.78, 5) is 17.2. The molecular formula is C22H24ClN3O5S. The Morgan fingerprint density at radius 1 is 1.19 bits per heavy atom. The summed E-state index contributed by atoms with van der Waals surface area (Å²) in [5.74, 6) is -0.0773. The highest BCUT2D eigenvalue weighted by Gasteiger charge is 2.32. The van der Waals surface area contributed by atoms with Crippen molar-refractivity contribution >= 4 is 38.6 Å². The Bertz CT molecular complexity index is 1260. The number of ether oxygens (including phenoxy) is 2. The summed E-state index contributed by atoms with van der Waals surface area (Å²) in [7, 11) is -1.94. The number of rotatable bonds is 5. The minimum Gasteiger partial charge on any atom is -0.454 e. The van der Waals surface area contributed by atoms with Gasteiger partial charge in [0.05, 0.1) is 33.7 Å². The van der Waals surface area contributed by atoms with Crippen molar-refractivity contribution in [1.82, 2.24) is 13.9 Å². The lowest BCUT2D eigenvalue weighted by atomic mass is 10.2. The molecular weight excluding hydrogens is 454 g/mol. The molecule has 1 aromatic heterocycles. The Kier molecular flexibility index (Phi) is 6.26. The fourth-order valence-corrected chi connectivity index (χ4v) is 5.63. The topological polar surface area (TPSA) is 90.7 Å². The minimum atomic E-state index is -3.76. The van der Waals surface area contributed by atoms with E-state index in [0.717, 1.165) is 5.52 Å². The molecule has 1 fully saturated rings. The van der Waals surface area contributed by atoms with Gasteiger partial charge in [0.25, 0.3) is 0 Å². The van der Waals surface area contributed by atoms with Gasteiger partial charge in [0, 0.05) is 25.2 Å². The van der Waals surface area contributed by atoms with Gasteiger partial charge < -0.3 is 14.0 Å². The molecule has 0 N–H and O–H groups in total. The van der Waals surface area contributed by atoms with Gasteiger partial charge in [-0.25, -0.2) is 18.2 Å². The van der Waals surface area contributed by atoms with E-state index >= 15 is 0 Å². The first-order chi connectivity index (χ1) is 15.1. The molecule has 1 saturated heterocycles. The van der Waals surface area contributed by atoms with E-state index in [-0.39, 0.29) is 42.4 Å². The van der Waals surface area contributed by atoms with Crippen LogP contribution in [0.15, 0.2) is 47.4 Å². The van der Waals surface area contributed by atoms with Crippen LogP contribution in [0.5, 0.6) is 0 Å². The monoisotopic (exact) mass is 477 g/mol. The number of benzene rings is 2. The summed E-state index contributed by atoms with van der Waals surface area (Å²) in [5.41, 5.74) is 1.72. The van der Waals surface area contributed by atoms with Crippen molar-refractivity contribution in [3.8, 4) is 0 Å². The van der Waals surface area contributed by atoms with Crippen LogP contribution in [0, 0.1) is 0 Å².